The first-order valence-corrected chi connectivity index (χ1v) is 12.3. The maximum absolute atomic E-state index is 2.53. The maximum atomic E-state index is 2.53. The molecular formula is C26H54BrN. The number of halogens is 1. The van der Waals surface area contributed by atoms with E-state index in [1.807, 2.05) is 0 Å². The van der Waals surface area contributed by atoms with Gasteiger partial charge in [0.15, 0.2) is 0 Å². The SMILES string of the molecule is CC[N+](CC)(CC)C/C=C(\C)CCCC(C)CCCC(C)CCCC(C)C.[Br-]. The van der Waals surface area contributed by atoms with E-state index in [4.69, 9.17) is 0 Å². The van der Waals surface area contributed by atoms with Crippen LogP contribution in [-0.4, -0.2) is 30.7 Å². The lowest BCUT2D eigenvalue weighted by atomic mass is 9.91. The molecule has 0 fully saturated rings. The van der Waals surface area contributed by atoms with Crippen LogP contribution in [-0.2, 0) is 0 Å². The summed E-state index contributed by atoms with van der Waals surface area (Å²) in [5.41, 5.74) is 1.61. The van der Waals surface area contributed by atoms with E-state index in [1.54, 1.807) is 5.57 Å². The molecule has 0 amide bonds. The van der Waals surface area contributed by atoms with Gasteiger partial charge >= 0.3 is 0 Å². The van der Waals surface area contributed by atoms with Gasteiger partial charge in [-0.15, -0.1) is 0 Å². The summed E-state index contributed by atoms with van der Waals surface area (Å²) in [6.07, 6.45) is 15.2. The largest absolute Gasteiger partial charge is 1.00 e. The fourth-order valence-corrected chi connectivity index (χ4v) is 4.22. The summed E-state index contributed by atoms with van der Waals surface area (Å²) in [5.74, 6) is 2.70. The van der Waals surface area contributed by atoms with Crippen molar-refractivity contribution in [3.8, 4) is 0 Å². The summed E-state index contributed by atoms with van der Waals surface area (Å²) in [4.78, 5) is 0. The highest BCUT2D eigenvalue weighted by Gasteiger charge is 2.18. The molecule has 2 unspecified atom stereocenters. The molecule has 2 heteroatoms. The van der Waals surface area contributed by atoms with Crippen molar-refractivity contribution in [2.45, 2.75) is 113 Å². The van der Waals surface area contributed by atoms with Crippen molar-refractivity contribution in [1.82, 2.24) is 0 Å². The molecule has 1 nitrogen and oxygen atoms in total. The van der Waals surface area contributed by atoms with E-state index in [9.17, 15) is 0 Å². The molecule has 0 aliphatic carbocycles. The van der Waals surface area contributed by atoms with E-state index in [0.29, 0.717) is 0 Å². The number of likely N-dealkylation sites (N-methyl/N-ethyl adjacent to an activating group) is 1. The molecular weight excluding hydrogens is 406 g/mol. The zero-order valence-electron chi connectivity index (χ0n) is 20.8. The fraction of sp³-hybridized carbons (Fsp3) is 0.923. The number of hydrogen-bond donors (Lipinski definition) is 0. The molecule has 0 aromatic carbocycles. The van der Waals surface area contributed by atoms with Gasteiger partial charge in [0.05, 0.1) is 26.2 Å². The number of hydrogen-bond acceptors (Lipinski definition) is 0. The topological polar surface area (TPSA) is 0 Å². The van der Waals surface area contributed by atoms with Gasteiger partial charge in [-0.05, 0) is 64.4 Å². The molecule has 0 bridgehead atoms. The third-order valence-corrected chi connectivity index (χ3v) is 6.98. The molecule has 0 aliphatic heterocycles. The molecule has 0 saturated heterocycles. The molecule has 0 aliphatic rings. The standard InChI is InChI=1S/C26H54N.BrH/c1-9-27(10-2,11-3)22-21-26(8)20-14-19-25(7)18-13-17-24(6)16-12-15-23(4)5;/h21,23-25H,9-20,22H2,1-8H3;1H/q+1;/p-1/b26-21+;. The van der Waals surface area contributed by atoms with Crippen molar-refractivity contribution in [3.63, 3.8) is 0 Å². The number of rotatable bonds is 17. The molecule has 0 N–H and O–H groups in total. The van der Waals surface area contributed by atoms with Gasteiger partial charge in [-0.2, -0.15) is 0 Å². The molecule has 0 heterocycles. The van der Waals surface area contributed by atoms with Gasteiger partial charge in [0.1, 0.15) is 0 Å². The van der Waals surface area contributed by atoms with Crippen molar-refractivity contribution < 1.29 is 21.5 Å². The Morgan fingerprint density at radius 3 is 1.57 bits per heavy atom. The third-order valence-electron chi connectivity index (χ3n) is 6.98. The zero-order chi connectivity index (χ0) is 20.7. The molecule has 0 rings (SSSR count). The lowest BCUT2D eigenvalue weighted by Crippen LogP contribution is -3.00. The monoisotopic (exact) mass is 459 g/mol. The Labute approximate surface area is 190 Å². The summed E-state index contributed by atoms with van der Waals surface area (Å²) >= 11 is 0. The first-order valence-electron chi connectivity index (χ1n) is 12.3. The summed E-state index contributed by atoms with van der Waals surface area (Å²) < 4.78 is 1.24. The first kappa shape index (κ1) is 30.4. The molecule has 2 atom stereocenters. The second-order valence-corrected chi connectivity index (χ2v) is 9.88. The van der Waals surface area contributed by atoms with Gasteiger partial charge in [-0.1, -0.05) is 78.2 Å². The van der Waals surface area contributed by atoms with E-state index in [0.717, 1.165) is 17.8 Å². The minimum atomic E-state index is 0. The highest BCUT2D eigenvalue weighted by molar-refractivity contribution is 4.98. The van der Waals surface area contributed by atoms with Crippen LogP contribution < -0.4 is 17.0 Å². The third kappa shape index (κ3) is 15.1. The predicted molar refractivity (Wildman–Crippen MR) is 125 cm³/mol. The predicted octanol–water partition coefficient (Wildman–Crippen LogP) is 5.25. The fourth-order valence-electron chi connectivity index (χ4n) is 4.22. The summed E-state index contributed by atoms with van der Waals surface area (Å²) in [7, 11) is 0. The molecule has 0 spiro atoms. The molecule has 0 saturated carbocycles. The second kappa shape index (κ2) is 18.0. The van der Waals surface area contributed by atoms with Crippen LogP contribution in [0.4, 0.5) is 0 Å². The van der Waals surface area contributed by atoms with Gasteiger partial charge in [-0.25, -0.2) is 0 Å². The Bertz CT molecular complexity index is 362. The van der Waals surface area contributed by atoms with E-state index < -0.39 is 0 Å². The molecule has 0 aromatic heterocycles. The van der Waals surface area contributed by atoms with Crippen molar-refractivity contribution in [3.05, 3.63) is 11.6 Å². The Kier molecular flexibility index (Phi) is 19.5. The molecule has 28 heavy (non-hydrogen) atoms. The van der Waals surface area contributed by atoms with Crippen LogP contribution >= 0.6 is 0 Å². The van der Waals surface area contributed by atoms with Gasteiger partial charge in [-0.3, -0.25) is 0 Å². The van der Waals surface area contributed by atoms with Crippen LogP contribution in [0, 0.1) is 17.8 Å². The van der Waals surface area contributed by atoms with Crippen molar-refractivity contribution in [2.75, 3.05) is 26.2 Å². The van der Waals surface area contributed by atoms with Crippen LogP contribution in [0.5, 0.6) is 0 Å². The van der Waals surface area contributed by atoms with Crippen LogP contribution in [0.25, 0.3) is 0 Å². The van der Waals surface area contributed by atoms with E-state index in [-0.39, 0.29) is 17.0 Å². The van der Waals surface area contributed by atoms with Gasteiger partial charge in [0.25, 0.3) is 0 Å². The van der Waals surface area contributed by atoms with Crippen LogP contribution in [0.15, 0.2) is 11.6 Å². The summed E-state index contributed by atoms with van der Waals surface area (Å²) in [6, 6.07) is 0. The minimum Gasteiger partial charge on any atom is -1.00 e. The average molecular weight is 461 g/mol. The van der Waals surface area contributed by atoms with Crippen LogP contribution in [0.3, 0.4) is 0 Å². The van der Waals surface area contributed by atoms with Gasteiger partial charge in [0, 0.05) is 0 Å². The Morgan fingerprint density at radius 1 is 0.714 bits per heavy atom. The van der Waals surface area contributed by atoms with Crippen LogP contribution in [0.2, 0.25) is 0 Å². The summed E-state index contributed by atoms with van der Waals surface area (Å²) in [6.45, 7) is 24.0. The number of quaternary nitrogens is 1. The Balaban J connectivity index is 0. The molecule has 0 radical (unpaired) electrons. The Hall–Kier alpha value is 0.180. The van der Waals surface area contributed by atoms with E-state index >= 15 is 0 Å². The lowest BCUT2D eigenvalue weighted by Gasteiger charge is -2.35. The Morgan fingerprint density at radius 2 is 1.14 bits per heavy atom. The molecule has 0 aromatic rings. The maximum Gasteiger partial charge on any atom is 0.0976 e. The zero-order valence-corrected chi connectivity index (χ0v) is 22.4. The van der Waals surface area contributed by atoms with E-state index in [2.05, 4.69) is 61.5 Å². The van der Waals surface area contributed by atoms with Gasteiger partial charge in [0.2, 0.25) is 0 Å². The highest BCUT2D eigenvalue weighted by atomic mass is 79.9. The smallest absolute Gasteiger partial charge is 0.0976 e. The molecule has 170 valence electrons. The van der Waals surface area contributed by atoms with Gasteiger partial charge < -0.3 is 21.5 Å². The van der Waals surface area contributed by atoms with E-state index in [1.165, 1.54) is 88.4 Å². The number of allylic oxidation sites excluding steroid dienone is 1. The quantitative estimate of drug-likeness (QED) is 0.205. The first-order chi connectivity index (χ1) is 12.8. The summed E-state index contributed by atoms with van der Waals surface area (Å²) in [5, 5.41) is 0. The van der Waals surface area contributed by atoms with Crippen LogP contribution in [0.1, 0.15) is 113 Å². The minimum absolute atomic E-state index is 0. The van der Waals surface area contributed by atoms with Crippen molar-refractivity contribution >= 4 is 0 Å². The highest BCUT2D eigenvalue weighted by Crippen LogP contribution is 2.22. The van der Waals surface area contributed by atoms with Crippen molar-refractivity contribution in [1.29, 1.82) is 0 Å². The number of nitrogens with zero attached hydrogens (tertiary/aromatic N) is 1. The lowest BCUT2D eigenvalue weighted by molar-refractivity contribution is -0.917. The normalized spacial score (nSPS) is 14.8. The van der Waals surface area contributed by atoms with Crippen molar-refractivity contribution in [2.24, 2.45) is 17.8 Å². The average Bonchev–Trinajstić information content (AvgIpc) is 2.63. The second-order valence-electron chi connectivity index (χ2n) is 9.88.